The van der Waals surface area contributed by atoms with Crippen LogP contribution < -0.4 is 0 Å². The maximum atomic E-state index is 12.1. The standard InChI is InChI=1S/C13H14N2O2/c1-9-5-6-12(17-9)13(16)10(8-14)11-4-2-3-7-15-11/h2-4,7,9-10,12H,5-6H2,1H3. The van der Waals surface area contributed by atoms with Crippen LogP contribution in [0.15, 0.2) is 24.4 Å². The third-order valence-electron chi connectivity index (χ3n) is 2.95. The van der Waals surface area contributed by atoms with E-state index in [0.29, 0.717) is 12.1 Å². The molecular weight excluding hydrogens is 216 g/mol. The van der Waals surface area contributed by atoms with Crippen LogP contribution in [0.2, 0.25) is 0 Å². The highest BCUT2D eigenvalue weighted by atomic mass is 16.5. The maximum absolute atomic E-state index is 12.1. The van der Waals surface area contributed by atoms with Gasteiger partial charge in [-0.3, -0.25) is 9.78 Å². The molecule has 0 aliphatic carbocycles. The number of hydrogen-bond donors (Lipinski definition) is 0. The topological polar surface area (TPSA) is 63.0 Å². The van der Waals surface area contributed by atoms with Gasteiger partial charge in [0.15, 0.2) is 5.78 Å². The van der Waals surface area contributed by atoms with Gasteiger partial charge >= 0.3 is 0 Å². The molecule has 88 valence electrons. The van der Waals surface area contributed by atoms with Gasteiger partial charge in [-0.2, -0.15) is 5.26 Å². The highest BCUT2D eigenvalue weighted by molar-refractivity contribution is 5.91. The molecule has 0 aromatic carbocycles. The van der Waals surface area contributed by atoms with E-state index in [1.165, 1.54) is 0 Å². The lowest BCUT2D eigenvalue weighted by Gasteiger charge is -2.13. The van der Waals surface area contributed by atoms with Crippen molar-refractivity contribution >= 4 is 5.78 Å². The van der Waals surface area contributed by atoms with Gasteiger partial charge in [0.1, 0.15) is 12.0 Å². The zero-order valence-electron chi connectivity index (χ0n) is 9.67. The SMILES string of the molecule is CC1CCC(C(=O)C(C#N)c2ccccn2)O1. The molecule has 4 heteroatoms. The molecule has 0 bridgehead atoms. The molecule has 4 nitrogen and oxygen atoms in total. The predicted octanol–water partition coefficient (Wildman–Crippen LogP) is 1.83. The molecule has 2 rings (SSSR count). The van der Waals surface area contributed by atoms with E-state index in [1.807, 2.05) is 13.0 Å². The molecule has 0 radical (unpaired) electrons. The Morgan fingerprint density at radius 3 is 2.94 bits per heavy atom. The number of aromatic nitrogens is 1. The lowest BCUT2D eigenvalue weighted by Crippen LogP contribution is -2.26. The molecule has 1 fully saturated rings. The summed E-state index contributed by atoms with van der Waals surface area (Å²) in [5.41, 5.74) is 0.503. The summed E-state index contributed by atoms with van der Waals surface area (Å²) in [7, 11) is 0. The maximum Gasteiger partial charge on any atom is 0.184 e. The normalized spacial score (nSPS) is 25.2. The van der Waals surface area contributed by atoms with Gasteiger partial charge < -0.3 is 4.74 Å². The first-order valence-corrected chi connectivity index (χ1v) is 5.72. The van der Waals surface area contributed by atoms with Gasteiger partial charge in [0.05, 0.1) is 17.9 Å². The minimum atomic E-state index is -0.813. The fraction of sp³-hybridized carbons (Fsp3) is 0.462. The van der Waals surface area contributed by atoms with Crippen LogP contribution in [-0.4, -0.2) is 23.0 Å². The van der Waals surface area contributed by atoms with Crippen LogP contribution in [0.1, 0.15) is 31.4 Å². The average Bonchev–Trinajstić information content (AvgIpc) is 2.78. The van der Waals surface area contributed by atoms with Crippen LogP contribution >= 0.6 is 0 Å². The van der Waals surface area contributed by atoms with Gasteiger partial charge in [0.2, 0.25) is 0 Å². The van der Waals surface area contributed by atoms with Gasteiger partial charge in [0.25, 0.3) is 0 Å². The molecule has 2 heterocycles. The van der Waals surface area contributed by atoms with Crippen molar-refractivity contribution < 1.29 is 9.53 Å². The summed E-state index contributed by atoms with van der Waals surface area (Å²) in [6, 6.07) is 7.25. The Kier molecular flexibility index (Phi) is 3.50. The van der Waals surface area contributed by atoms with E-state index in [-0.39, 0.29) is 11.9 Å². The van der Waals surface area contributed by atoms with Crippen LogP contribution in [0.4, 0.5) is 0 Å². The van der Waals surface area contributed by atoms with E-state index in [2.05, 4.69) is 4.98 Å². The Balaban J connectivity index is 2.15. The fourth-order valence-electron chi connectivity index (χ4n) is 2.02. The summed E-state index contributed by atoms with van der Waals surface area (Å²) in [5.74, 6) is -0.984. The van der Waals surface area contributed by atoms with Crippen LogP contribution in [0, 0.1) is 11.3 Å². The van der Waals surface area contributed by atoms with Crippen molar-refractivity contribution in [2.45, 2.75) is 37.9 Å². The molecule has 0 amide bonds. The first-order valence-electron chi connectivity index (χ1n) is 5.72. The molecule has 0 saturated carbocycles. The highest BCUT2D eigenvalue weighted by Gasteiger charge is 2.34. The van der Waals surface area contributed by atoms with Gasteiger partial charge in [-0.05, 0) is 31.9 Å². The minimum Gasteiger partial charge on any atom is -0.367 e. The molecule has 1 saturated heterocycles. The number of ketones is 1. The van der Waals surface area contributed by atoms with Crippen molar-refractivity contribution in [2.75, 3.05) is 0 Å². The summed E-state index contributed by atoms with van der Waals surface area (Å²) < 4.78 is 5.50. The minimum absolute atomic E-state index is 0.104. The Bertz CT molecular complexity index is 438. The molecule has 0 N–H and O–H groups in total. The van der Waals surface area contributed by atoms with E-state index in [4.69, 9.17) is 10.00 Å². The molecule has 3 atom stereocenters. The first-order chi connectivity index (χ1) is 8.22. The number of rotatable bonds is 3. The van der Waals surface area contributed by atoms with E-state index in [0.717, 1.165) is 6.42 Å². The van der Waals surface area contributed by atoms with Crippen LogP contribution in [0.3, 0.4) is 0 Å². The average molecular weight is 230 g/mol. The molecule has 1 aliphatic heterocycles. The lowest BCUT2D eigenvalue weighted by molar-refractivity contribution is -0.129. The van der Waals surface area contributed by atoms with E-state index < -0.39 is 12.0 Å². The predicted molar refractivity (Wildman–Crippen MR) is 61.2 cm³/mol. The second kappa shape index (κ2) is 5.07. The van der Waals surface area contributed by atoms with Gasteiger partial charge in [-0.25, -0.2) is 0 Å². The molecule has 3 unspecified atom stereocenters. The Morgan fingerprint density at radius 1 is 1.59 bits per heavy atom. The number of hydrogen-bond acceptors (Lipinski definition) is 4. The monoisotopic (exact) mass is 230 g/mol. The third-order valence-corrected chi connectivity index (χ3v) is 2.95. The smallest absolute Gasteiger partial charge is 0.184 e. The molecule has 17 heavy (non-hydrogen) atoms. The van der Waals surface area contributed by atoms with Crippen molar-refractivity contribution in [3.05, 3.63) is 30.1 Å². The Morgan fingerprint density at radius 2 is 2.41 bits per heavy atom. The van der Waals surface area contributed by atoms with Crippen molar-refractivity contribution in [1.82, 2.24) is 4.98 Å². The third kappa shape index (κ3) is 2.51. The number of Topliss-reactive ketones (excluding diaryl/α,β-unsaturated/α-hetero) is 1. The van der Waals surface area contributed by atoms with Crippen LogP contribution in [-0.2, 0) is 9.53 Å². The number of ether oxygens (including phenoxy) is 1. The van der Waals surface area contributed by atoms with Gasteiger partial charge in [-0.15, -0.1) is 0 Å². The second-order valence-electron chi connectivity index (χ2n) is 4.23. The highest BCUT2D eigenvalue weighted by Crippen LogP contribution is 2.25. The molecule has 1 aliphatic rings. The summed E-state index contributed by atoms with van der Waals surface area (Å²) in [6.07, 6.45) is 2.82. The second-order valence-corrected chi connectivity index (χ2v) is 4.23. The molecular formula is C13H14N2O2. The lowest BCUT2D eigenvalue weighted by atomic mass is 9.96. The van der Waals surface area contributed by atoms with E-state index >= 15 is 0 Å². The Labute approximate surface area is 100 Å². The zero-order chi connectivity index (χ0) is 12.3. The van der Waals surface area contributed by atoms with Crippen molar-refractivity contribution in [1.29, 1.82) is 5.26 Å². The number of nitrogens with zero attached hydrogens (tertiary/aromatic N) is 2. The van der Waals surface area contributed by atoms with Gasteiger partial charge in [-0.1, -0.05) is 6.07 Å². The van der Waals surface area contributed by atoms with Crippen molar-refractivity contribution in [2.24, 2.45) is 0 Å². The first kappa shape index (κ1) is 11.7. The van der Waals surface area contributed by atoms with E-state index in [9.17, 15) is 4.79 Å². The van der Waals surface area contributed by atoms with E-state index in [1.54, 1.807) is 24.4 Å². The number of nitriles is 1. The molecule has 0 spiro atoms. The van der Waals surface area contributed by atoms with Crippen molar-refractivity contribution in [3.8, 4) is 6.07 Å². The fourth-order valence-corrected chi connectivity index (χ4v) is 2.02. The molecule has 1 aromatic heterocycles. The largest absolute Gasteiger partial charge is 0.367 e. The summed E-state index contributed by atoms with van der Waals surface area (Å²) in [5, 5.41) is 9.11. The zero-order valence-corrected chi connectivity index (χ0v) is 9.67. The van der Waals surface area contributed by atoms with Crippen molar-refractivity contribution in [3.63, 3.8) is 0 Å². The van der Waals surface area contributed by atoms with Crippen LogP contribution in [0.25, 0.3) is 0 Å². The summed E-state index contributed by atoms with van der Waals surface area (Å²) >= 11 is 0. The Hall–Kier alpha value is -1.73. The number of carbonyl (C=O) groups is 1. The quantitative estimate of drug-likeness (QED) is 0.794. The summed E-state index contributed by atoms with van der Waals surface area (Å²) in [6.45, 7) is 1.94. The summed E-state index contributed by atoms with van der Waals surface area (Å²) in [4.78, 5) is 16.2. The van der Waals surface area contributed by atoms with Gasteiger partial charge in [0, 0.05) is 6.20 Å². The van der Waals surface area contributed by atoms with Crippen LogP contribution in [0.5, 0.6) is 0 Å². The molecule has 1 aromatic rings. The number of pyridine rings is 1. The number of carbonyl (C=O) groups excluding carboxylic acids is 1.